The molecule has 7 fully saturated rings. The number of fused-ring (bicyclic) bond motifs is 7. The number of aromatic nitrogens is 28. The van der Waals surface area contributed by atoms with Crippen molar-refractivity contribution in [2.24, 2.45) is 45.3 Å². The molecular formula is C106H121Cl3N34O. The quantitative estimate of drug-likeness (QED) is 0.0493. The molecule has 18 aromatic rings. The van der Waals surface area contributed by atoms with E-state index in [9.17, 15) is 0 Å². The Morgan fingerprint density at radius 3 is 1.18 bits per heavy atom. The number of nitrogens with zero attached hydrogens (tertiary/aromatic N) is 28. The molecule has 7 aliphatic rings. The van der Waals surface area contributed by atoms with Crippen molar-refractivity contribution >= 4 is 137 Å². The van der Waals surface area contributed by atoms with Crippen LogP contribution in [-0.4, -0.2) is 227 Å². The monoisotopic (exact) mass is 1990 g/mol. The van der Waals surface area contributed by atoms with Crippen LogP contribution in [0.3, 0.4) is 0 Å². The number of benzene rings is 2. The average molecular weight is 1990 g/mol. The Morgan fingerprint density at radius 2 is 0.757 bits per heavy atom. The highest BCUT2D eigenvalue weighted by Crippen LogP contribution is 2.52. The first kappa shape index (κ1) is 97.3. The molecule has 16 aromatic heterocycles. The van der Waals surface area contributed by atoms with Gasteiger partial charge in [-0.15, -0.1) is 0 Å². The highest BCUT2D eigenvalue weighted by atomic mass is 35.5. The third-order valence-corrected chi connectivity index (χ3v) is 31.8. The van der Waals surface area contributed by atoms with Gasteiger partial charge < -0.3 is 34.1 Å². The van der Waals surface area contributed by atoms with Gasteiger partial charge in [-0.1, -0.05) is 166 Å². The molecule has 6 aliphatic heterocycles. The van der Waals surface area contributed by atoms with E-state index in [1.165, 1.54) is 70.6 Å². The maximum Gasteiger partial charge on any atom is 0.212 e. The Bertz CT molecular complexity index is 7310. The third kappa shape index (κ3) is 21.1. The molecule has 2 aromatic carbocycles. The largest absolute Gasteiger partial charge is 0.481 e. The van der Waals surface area contributed by atoms with Crippen molar-refractivity contribution in [3.05, 3.63) is 186 Å². The number of halogens is 3. The van der Waals surface area contributed by atoms with E-state index in [0.29, 0.717) is 82.0 Å². The molecule has 144 heavy (non-hydrogen) atoms. The second kappa shape index (κ2) is 42.0. The van der Waals surface area contributed by atoms with Gasteiger partial charge in [-0.25, -0.2) is 64.8 Å². The summed E-state index contributed by atoms with van der Waals surface area (Å²) in [4.78, 5) is 86.6. The number of rotatable bonds is 17. The van der Waals surface area contributed by atoms with Crippen LogP contribution in [0.1, 0.15) is 153 Å². The molecule has 1 aliphatic carbocycles. The molecular weight excluding hydrogens is 1870 g/mol. The number of pyridine rings is 4. The normalized spacial score (nSPS) is 18.7. The number of ether oxygens (including phenoxy) is 1. The van der Waals surface area contributed by atoms with E-state index in [4.69, 9.17) is 64.5 Å². The smallest absolute Gasteiger partial charge is 0.212 e. The van der Waals surface area contributed by atoms with Crippen molar-refractivity contribution < 1.29 is 4.74 Å². The Labute approximate surface area is 850 Å². The Balaban J connectivity index is 0.000000105. The van der Waals surface area contributed by atoms with Gasteiger partial charge in [0.05, 0.1) is 88.5 Å². The number of hydrogen-bond acceptors (Lipinski definition) is 29. The van der Waals surface area contributed by atoms with Gasteiger partial charge in [-0.3, -0.25) is 45.5 Å². The van der Waals surface area contributed by atoms with Gasteiger partial charge in [0.1, 0.15) is 73.7 Å². The zero-order valence-electron chi connectivity index (χ0n) is 83.2. The van der Waals surface area contributed by atoms with E-state index in [2.05, 4.69) is 215 Å². The van der Waals surface area contributed by atoms with Crippen LogP contribution >= 0.6 is 34.8 Å². The lowest BCUT2D eigenvalue weighted by Gasteiger charge is -2.39. The zero-order chi connectivity index (χ0) is 99.4. The minimum absolute atomic E-state index is 0.412. The summed E-state index contributed by atoms with van der Waals surface area (Å²) in [6, 6.07) is 30.5. The van der Waals surface area contributed by atoms with Gasteiger partial charge >= 0.3 is 0 Å². The van der Waals surface area contributed by atoms with Crippen molar-refractivity contribution in [2.75, 3.05) is 115 Å². The van der Waals surface area contributed by atoms with Crippen LogP contribution < -0.4 is 34.1 Å². The lowest BCUT2D eigenvalue weighted by atomic mass is 9.78. The van der Waals surface area contributed by atoms with E-state index < -0.39 is 0 Å². The van der Waals surface area contributed by atoms with Crippen LogP contribution in [0.25, 0.3) is 135 Å². The van der Waals surface area contributed by atoms with Crippen LogP contribution in [-0.2, 0) is 0 Å². The summed E-state index contributed by atoms with van der Waals surface area (Å²) >= 11 is 18.6. The minimum Gasteiger partial charge on any atom is -0.481 e. The first-order valence-corrected chi connectivity index (χ1v) is 51.3. The summed E-state index contributed by atoms with van der Waals surface area (Å²) in [5.74, 6) is 9.36. The van der Waals surface area contributed by atoms with Crippen molar-refractivity contribution in [1.29, 1.82) is 0 Å². The van der Waals surface area contributed by atoms with Crippen molar-refractivity contribution in [3.8, 4) is 73.6 Å². The first-order chi connectivity index (χ1) is 70.0. The molecule has 1 saturated carbocycles. The van der Waals surface area contributed by atoms with Crippen molar-refractivity contribution in [3.63, 3.8) is 0 Å². The number of aromatic amines is 6. The van der Waals surface area contributed by atoms with Crippen molar-refractivity contribution in [1.82, 2.24) is 141 Å². The highest BCUT2D eigenvalue weighted by Gasteiger charge is 2.53. The van der Waals surface area contributed by atoms with Gasteiger partial charge in [0.2, 0.25) is 39.8 Å². The van der Waals surface area contributed by atoms with Gasteiger partial charge in [0.15, 0.2) is 0 Å². The zero-order valence-corrected chi connectivity index (χ0v) is 85.5. The molecule has 742 valence electrons. The molecule has 38 heteroatoms. The Hall–Kier alpha value is -14.2. The molecule has 2 unspecified atom stereocenters. The number of methoxy groups -OCH3 is 1. The second-order valence-corrected chi connectivity index (χ2v) is 41.8. The SMILES string of the molecule is CC1[C@H]2CN(c3cnc4c(-c5cccc(Cl)c5)[nH]nc4n3)C[C@@H]12.CCC1(C)CCN(c2cnc3c(-c4ccccn4)[nH]nc3n2)CC1.CCC1(C)CCN(c2cnc3c(-c4cccnc4)[nH]nc3n2)CC1.CCC1(C)CCN(c2cnc3c(-c4cnccc4Cl)[nH]nc3n2)CC1.CCC1CCN(c2cnc3c(-c4ccccc4Cl)[nH]nc3n2)C1.COc1ccc(-c2[nH]nc3nc(N4CCC(C)(C)CC4)cnc23)cn1. The van der Waals surface area contributed by atoms with Gasteiger partial charge in [-0.05, 0) is 158 Å². The maximum absolute atomic E-state index is 6.28. The fourth-order valence-electron chi connectivity index (χ4n) is 19.9. The van der Waals surface area contributed by atoms with Crippen LogP contribution in [0.4, 0.5) is 34.9 Å². The van der Waals surface area contributed by atoms with E-state index in [-0.39, 0.29) is 0 Å². The second-order valence-electron chi connectivity index (χ2n) is 40.6. The van der Waals surface area contributed by atoms with Gasteiger partial charge in [-0.2, -0.15) is 30.6 Å². The molecule has 0 spiro atoms. The predicted molar refractivity (Wildman–Crippen MR) is 569 cm³/mol. The first-order valence-electron chi connectivity index (χ1n) is 50.2. The molecule has 22 heterocycles. The van der Waals surface area contributed by atoms with Crippen LogP contribution in [0.5, 0.6) is 5.88 Å². The number of hydrogen-bond donors (Lipinski definition) is 6. The van der Waals surface area contributed by atoms with Crippen LogP contribution in [0, 0.1) is 45.3 Å². The molecule has 25 rings (SSSR count). The summed E-state index contributed by atoms with van der Waals surface area (Å²) in [7, 11) is 1.60. The summed E-state index contributed by atoms with van der Waals surface area (Å²) in [6.07, 6.45) is 37.2. The molecule has 0 amide bonds. The molecule has 6 N–H and O–H groups in total. The fourth-order valence-corrected chi connectivity index (χ4v) is 20.6. The Kier molecular flexibility index (Phi) is 28.4. The predicted octanol–water partition coefficient (Wildman–Crippen LogP) is 21.3. The minimum atomic E-state index is 0.412. The summed E-state index contributed by atoms with van der Waals surface area (Å²) in [5.41, 5.74) is 20.5. The molecule has 0 bridgehead atoms. The molecule has 35 nitrogen and oxygen atoms in total. The van der Waals surface area contributed by atoms with E-state index >= 15 is 0 Å². The summed E-state index contributed by atoms with van der Waals surface area (Å²) in [5, 5.41) is 46.2. The topological polar surface area (TPSA) is 407 Å². The lowest BCUT2D eigenvalue weighted by molar-refractivity contribution is 0.237. The van der Waals surface area contributed by atoms with Crippen molar-refractivity contribution in [2.45, 2.75) is 153 Å². The lowest BCUT2D eigenvalue weighted by Crippen LogP contribution is -2.38. The molecule has 0 radical (unpaired) electrons. The number of piperidine rings is 5. The highest BCUT2D eigenvalue weighted by molar-refractivity contribution is 6.34. The molecule has 6 saturated heterocycles. The van der Waals surface area contributed by atoms with Crippen LogP contribution in [0.2, 0.25) is 15.1 Å². The van der Waals surface area contributed by atoms with E-state index in [0.717, 1.165) is 245 Å². The average Bonchev–Trinajstić information content (AvgIpc) is 1.59. The maximum atomic E-state index is 6.28. The van der Waals surface area contributed by atoms with Gasteiger partial charge in [0.25, 0.3) is 0 Å². The Morgan fingerprint density at radius 1 is 0.347 bits per heavy atom. The van der Waals surface area contributed by atoms with E-state index in [1.54, 1.807) is 50.4 Å². The fraction of sp³-hybridized carbons (Fsp3) is 0.415. The van der Waals surface area contributed by atoms with Gasteiger partial charge in [0, 0.05) is 155 Å². The molecule has 4 atom stereocenters. The summed E-state index contributed by atoms with van der Waals surface area (Å²) < 4.78 is 5.10. The van der Waals surface area contributed by atoms with E-state index in [1.807, 2.05) is 128 Å². The van der Waals surface area contributed by atoms with Crippen LogP contribution in [0.15, 0.2) is 171 Å². The summed E-state index contributed by atoms with van der Waals surface area (Å²) in [6.45, 7) is 35.6. The third-order valence-electron chi connectivity index (χ3n) is 30.9. The standard InChI is InChI=1S/C18H21ClN6.C18H22N6O.2C18H22N6.C17H16ClN5.C17H18ClN5/c1-3-18(2)5-8-25(9-6-18)14-11-21-16-15(23-24-17(16)22-14)12-10-20-7-4-13(12)19;1-18(2)6-8-24(9-7-18)13-11-20-16-15(22-23-17(16)21-13)12-4-5-14(25-3)19-10-12;1-3-18(2)6-9-24(10-7-18)14-12-20-16-15(22-23-17(16)21-14)13-5-4-8-19-11-13;1-3-18(2)7-10-24(11-8-18)14-12-20-16-15(22-23-17(16)21-14)13-6-4-5-9-19-13;1-9-12-7-23(8-13(9)12)14-6-19-16-15(21-22-17(16)20-14)10-3-2-4-11(18)5-10;1-2-11-7-8-23(10-11)14-9-19-16-15(21-22-17(16)20-14)12-5-3-4-6-13(12)18/h4,7,10-11H,3,5-6,8-9H2,1-2H3,(H,22,23,24);4-5,10-11H,6-9H2,1-3H3,(H,21,22,23);4-5,8,11-12H,3,6-7,9-10H2,1-2H3,(H,21,22,23);4-6,9,12H,3,7-8,10-11H2,1-2H3,(H,21,22,23);2-6,9,12-13H,7-8H2,1H3,(H,20,21,22);3-6,9,11H,2,7-8,10H2,1H3,(H,20,21,22)/t;;;;9?,12-,13+;. The number of nitrogens with one attached hydrogen (secondary N) is 6. The number of H-pyrrole nitrogens is 6. The number of anilines is 6.